The standard InChI is InChI=1S/C18H31N3O2/c1-6-14(7-2)12-20-18(19-8-3)21-13-15-9-10-16(22-4)17(11-15)23-5/h9-11,14H,6-8,12-13H2,1-5H3,(H2,19,20,21). The third kappa shape index (κ3) is 6.38. The molecule has 1 aromatic rings. The van der Waals surface area contributed by atoms with E-state index in [1.165, 1.54) is 12.8 Å². The molecule has 0 fully saturated rings. The van der Waals surface area contributed by atoms with Gasteiger partial charge < -0.3 is 20.1 Å². The molecular weight excluding hydrogens is 290 g/mol. The Labute approximate surface area is 140 Å². The number of benzene rings is 1. The lowest BCUT2D eigenvalue weighted by Crippen LogP contribution is -2.39. The SMILES string of the molecule is CCNC(=NCc1ccc(OC)c(OC)c1)NCC(CC)CC. The van der Waals surface area contributed by atoms with Gasteiger partial charge in [-0.05, 0) is 30.5 Å². The predicted molar refractivity (Wildman–Crippen MR) is 96.4 cm³/mol. The van der Waals surface area contributed by atoms with Crippen molar-refractivity contribution >= 4 is 5.96 Å². The van der Waals surface area contributed by atoms with E-state index in [2.05, 4.69) is 36.4 Å². The number of ether oxygens (including phenoxy) is 2. The van der Waals surface area contributed by atoms with Gasteiger partial charge in [-0.15, -0.1) is 0 Å². The van der Waals surface area contributed by atoms with Gasteiger partial charge in [-0.2, -0.15) is 0 Å². The largest absolute Gasteiger partial charge is 0.493 e. The second-order valence-electron chi connectivity index (χ2n) is 5.45. The number of hydrogen-bond acceptors (Lipinski definition) is 3. The Hall–Kier alpha value is -1.91. The first-order chi connectivity index (χ1) is 11.2. The van der Waals surface area contributed by atoms with Gasteiger partial charge in [-0.1, -0.05) is 32.8 Å². The average molecular weight is 321 g/mol. The van der Waals surface area contributed by atoms with Crippen LogP contribution in [-0.2, 0) is 6.54 Å². The van der Waals surface area contributed by atoms with E-state index >= 15 is 0 Å². The molecule has 0 aliphatic carbocycles. The molecule has 0 spiro atoms. The number of aliphatic imine (C=N–C) groups is 1. The minimum absolute atomic E-state index is 0.596. The highest BCUT2D eigenvalue weighted by atomic mass is 16.5. The van der Waals surface area contributed by atoms with E-state index in [0.29, 0.717) is 12.5 Å². The Morgan fingerprint density at radius 1 is 1.04 bits per heavy atom. The fraction of sp³-hybridized carbons (Fsp3) is 0.611. The minimum Gasteiger partial charge on any atom is -0.493 e. The van der Waals surface area contributed by atoms with Gasteiger partial charge in [0.15, 0.2) is 17.5 Å². The van der Waals surface area contributed by atoms with E-state index in [-0.39, 0.29) is 0 Å². The zero-order chi connectivity index (χ0) is 17.1. The Morgan fingerprint density at radius 3 is 2.30 bits per heavy atom. The molecule has 0 saturated carbocycles. The quantitative estimate of drug-likeness (QED) is 0.542. The van der Waals surface area contributed by atoms with Crippen LogP contribution in [0.1, 0.15) is 39.2 Å². The first kappa shape index (κ1) is 19.1. The lowest BCUT2D eigenvalue weighted by atomic mass is 10.0. The van der Waals surface area contributed by atoms with E-state index in [0.717, 1.165) is 36.1 Å². The first-order valence-electron chi connectivity index (χ1n) is 8.41. The normalized spacial score (nSPS) is 11.5. The molecule has 0 aromatic heterocycles. The summed E-state index contributed by atoms with van der Waals surface area (Å²) in [7, 11) is 3.28. The molecule has 1 aromatic carbocycles. The van der Waals surface area contributed by atoms with Crippen LogP contribution >= 0.6 is 0 Å². The maximum Gasteiger partial charge on any atom is 0.191 e. The van der Waals surface area contributed by atoms with E-state index in [1.807, 2.05) is 18.2 Å². The van der Waals surface area contributed by atoms with E-state index < -0.39 is 0 Å². The van der Waals surface area contributed by atoms with E-state index in [9.17, 15) is 0 Å². The molecule has 5 nitrogen and oxygen atoms in total. The van der Waals surface area contributed by atoms with Crippen molar-refractivity contribution in [3.05, 3.63) is 23.8 Å². The Bertz CT molecular complexity index is 485. The maximum atomic E-state index is 5.33. The van der Waals surface area contributed by atoms with Crippen LogP contribution < -0.4 is 20.1 Å². The highest BCUT2D eigenvalue weighted by molar-refractivity contribution is 5.79. The third-order valence-corrected chi connectivity index (χ3v) is 3.92. The summed E-state index contributed by atoms with van der Waals surface area (Å²) in [5.74, 6) is 3.00. The number of hydrogen-bond donors (Lipinski definition) is 2. The lowest BCUT2D eigenvalue weighted by molar-refractivity contribution is 0.354. The van der Waals surface area contributed by atoms with Crippen molar-refractivity contribution in [2.45, 2.75) is 40.2 Å². The van der Waals surface area contributed by atoms with Gasteiger partial charge in [0.2, 0.25) is 0 Å². The smallest absolute Gasteiger partial charge is 0.191 e. The van der Waals surface area contributed by atoms with Crippen LogP contribution in [0.2, 0.25) is 0 Å². The fourth-order valence-electron chi connectivity index (χ4n) is 2.31. The molecular formula is C18H31N3O2. The van der Waals surface area contributed by atoms with Crippen LogP contribution in [0, 0.1) is 5.92 Å². The number of nitrogens with one attached hydrogen (secondary N) is 2. The van der Waals surface area contributed by atoms with E-state index in [1.54, 1.807) is 14.2 Å². The predicted octanol–water partition coefficient (Wildman–Crippen LogP) is 3.20. The fourth-order valence-corrected chi connectivity index (χ4v) is 2.31. The second kappa shape index (κ2) is 10.8. The molecule has 2 N–H and O–H groups in total. The van der Waals surface area contributed by atoms with Crippen LogP contribution in [0.25, 0.3) is 0 Å². The van der Waals surface area contributed by atoms with E-state index in [4.69, 9.17) is 9.47 Å². The average Bonchev–Trinajstić information content (AvgIpc) is 2.59. The zero-order valence-corrected chi connectivity index (χ0v) is 15.1. The van der Waals surface area contributed by atoms with Gasteiger partial charge in [0.25, 0.3) is 0 Å². The number of rotatable bonds is 9. The highest BCUT2D eigenvalue weighted by Gasteiger charge is 2.06. The van der Waals surface area contributed by atoms with Crippen molar-refractivity contribution in [3.63, 3.8) is 0 Å². The van der Waals surface area contributed by atoms with Crippen LogP contribution in [0.4, 0.5) is 0 Å². The molecule has 23 heavy (non-hydrogen) atoms. The van der Waals surface area contributed by atoms with Crippen molar-refractivity contribution < 1.29 is 9.47 Å². The molecule has 130 valence electrons. The Balaban J connectivity index is 2.72. The highest BCUT2D eigenvalue weighted by Crippen LogP contribution is 2.27. The number of methoxy groups -OCH3 is 2. The molecule has 0 aliphatic rings. The lowest BCUT2D eigenvalue weighted by Gasteiger charge is -2.16. The van der Waals surface area contributed by atoms with Gasteiger partial charge in [0.1, 0.15) is 0 Å². The van der Waals surface area contributed by atoms with Gasteiger partial charge in [0, 0.05) is 13.1 Å². The van der Waals surface area contributed by atoms with Crippen LogP contribution in [-0.4, -0.2) is 33.3 Å². The van der Waals surface area contributed by atoms with Gasteiger partial charge in [-0.25, -0.2) is 4.99 Å². The molecule has 5 heteroatoms. The summed E-state index contributed by atoms with van der Waals surface area (Å²) in [6.07, 6.45) is 2.36. The Morgan fingerprint density at radius 2 is 1.74 bits per heavy atom. The van der Waals surface area contributed by atoms with Crippen LogP contribution in [0.3, 0.4) is 0 Å². The molecule has 0 heterocycles. The molecule has 0 bridgehead atoms. The summed E-state index contributed by atoms with van der Waals surface area (Å²) in [6, 6.07) is 5.89. The summed E-state index contributed by atoms with van der Waals surface area (Å²) >= 11 is 0. The molecule has 0 atom stereocenters. The number of guanidine groups is 1. The Kier molecular flexibility index (Phi) is 8.95. The van der Waals surface area contributed by atoms with Gasteiger partial charge in [0.05, 0.1) is 20.8 Å². The summed E-state index contributed by atoms with van der Waals surface area (Å²) in [5, 5.41) is 6.72. The maximum absolute atomic E-state index is 5.33. The van der Waals surface area contributed by atoms with Crippen molar-refractivity contribution in [3.8, 4) is 11.5 Å². The first-order valence-corrected chi connectivity index (χ1v) is 8.41. The molecule has 0 radical (unpaired) electrons. The molecule has 0 aliphatic heterocycles. The molecule has 0 unspecified atom stereocenters. The summed E-state index contributed by atoms with van der Waals surface area (Å²) in [5.41, 5.74) is 1.09. The minimum atomic E-state index is 0.596. The summed E-state index contributed by atoms with van der Waals surface area (Å²) in [6.45, 7) is 8.92. The summed E-state index contributed by atoms with van der Waals surface area (Å²) < 4.78 is 10.6. The van der Waals surface area contributed by atoms with Crippen molar-refractivity contribution in [1.29, 1.82) is 0 Å². The van der Waals surface area contributed by atoms with Crippen LogP contribution in [0.5, 0.6) is 11.5 Å². The molecule has 1 rings (SSSR count). The molecule has 0 amide bonds. The summed E-state index contributed by atoms with van der Waals surface area (Å²) in [4.78, 5) is 4.65. The van der Waals surface area contributed by atoms with Gasteiger partial charge >= 0.3 is 0 Å². The van der Waals surface area contributed by atoms with Crippen molar-refractivity contribution in [2.75, 3.05) is 27.3 Å². The van der Waals surface area contributed by atoms with Crippen LogP contribution in [0.15, 0.2) is 23.2 Å². The zero-order valence-electron chi connectivity index (χ0n) is 15.1. The third-order valence-electron chi connectivity index (χ3n) is 3.92. The number of nitrogens with zero attached hydrogens (tertiary/aromatic N) is 1. The topological polar surface area (TPSA) is 54.9 Å². The monoisotopic (exact) mass is 321 g/mol. The second-order valence-corrected chi connectivity index (χ2v) is 5.45. The van der Waals surface area contributed by atoms with Crippen molar-refractivity contribution in [2.24, 2.45) is 10.9 Å². The van der Waals surface area contributed by atoms with Gasteiger partial charge in [-0.3, -0.25) is 0 Å². The molecule has 0 saturated heterocycles. The van der Waals surface area contributed by atoms with Crippen molar-refractivity contribution in [1.82, 2.24) is 10.6 Å².